The Morgan fingerprint density at radius 2 is 1.93 bits per heavy atom. The Morgan fingerprint density at radius 1 is 1.36 bits per heavy atom. The summed E-state index contributed by atoms with van der Waals surface area (Å²) in [5, 5.41) is 1.71. The van der Waals surface area contributed by atoms with Crippen molar-refractivity contribution in [3.63, 3.8) is 0 Å². The number of nitrogens with two attached hydrogens (primary N) is 1. The van der Waals surface area contributed by atoms with Gasteiger partial charge in [-0.1, -0.05) is 18.6 Å². The lowest BCUT2D eigenvalue weighted by molar-refractivity contribution is 0.200. The zero-order chi connectivity index (χ0) is 10.6. The highest BCUT2D eigenvalue weighted by Crippen LogP contribution is 2.06. The summed E-state index contributed by atoms with van der Waals surface area (Å²) in [5.41, 5.74) is 5.18. The van der Waals surface area contributed by atoms with Crippen molar-refractivity contribution in [3.8, 4) is 0 Å². The van der Waals surface area contributed by atoms with Crippen LogP contribution in [0.3, 0.4) is 0 Å². The Balaban J connectivity index is 2.45. The summed E-state index contributed by atoms with van der Waals surface area (Å²) < 4.78 is 22.8. The average Bonchev–Trinajstić information content (AvgIpc) is 2.02. The minimum Gasteiger partial charge on any atom is -0.392 e. The second-order valence-electron chi connectivity index (χ2n) is 3.36. The fourth-order valence-corrected chi connectivity index (χ4v) is 2.88. The standard InChI is InChI=1S/C7H15N3O2S2/c8-7(13)6-14(11,12)9-10-4-2-1-3-5-10/h9H,1-6H2,(H2,8,13). The molecule has 7 heteroatoms. The molecule has 0 bridgehead atoms. The number of hydrazine groups is 1. The molecule has 0 atom stereocenters. The lowest BCUT2D eigenvalue weighted by Gasteiger charge is -2.26. The summed E-state index contributed by atoms with van der Waals surface area (Å²) in [6.45, 7) is 1.52. The first-order valence-electron chi connectivity index (χ1n) is 4.53. The smallest absolute Gasteiger partial charge is 0.230 e. The van der Waals surface area contributed by atoms with Crippen LogP contribution in [-0.2, 0) is 10.0 Å². The predicted octanol–water partition coefficient (Wildman–Crippen LogP) is -0.407. The van der Waals surface area contributed by atoms with Crippen molar-refractivity contribution in [2.24, 2.45) is 5.73 Å². The van der Waals surface area contributed by atoms with Crippen LogP contribution in [0.25, 0.3) is 0 Å². The molecule has 1 rings (SSSR count). The number of thiocarbonyl (C=S) groups is 1. The van der Waals surface area contributed by atoms with Gasteiger partial charge in [0.05, 0.1) is 4.99 Å². The van der Waals surface area contributed by atoms with Crippen LogP contribution in [0.15, 0.2) is 0 Å². The van der Waals surface area contributed by atoms with Crippen LogP contribution in [-0.4, -0.2) is 37.3 Å². The van der Waals surface area contributed by atoms with E-state index < -0.39 is 10.0 Å². The SMILES string of the molecule is NC(=S)CS(=O)(=O)NN1CCCCC1. The Labute approximate surface area is 89.7 Å². The van der Waals surface area contributed by atoms with E-state index in [1.807, 2.05) is 0 Å². The van der Waals surface area contributed by atoms with Crippen molar-refractivity contribution in [1.82, 2.24) is 9.84 Å². The molecule has 0 amide bonds. The molecule has 5 nitrogen and oxygen atoms in total. The number of nitrogens with one attached hydrogen (secondary N) is 1. The molecule has 0 aliphatic carbocycles. The number of piperidine rings is 1. The monoisotopic (exact) mass is 237 g/mol. The van der Waals surface area contributed by atoms with Crippen LogP contribution < -0.4 is 10.6 Å². The number of hydrogen-bond acceptors (Lipinski definition) is 4. The molecule has 82 valence electrons. The largest absolute Gasteiger partial charge is 0.392 e. The third kappa shape index (κ3) is 4.32. The van der Waals surface area contributed by atoms with E-state index in [0.717, 1.165) is 32.4 Å². The third-order valence-corrected chi connectivity index (χ3v) is 3.51. The van der Waals surface area contributed by atoms with E-state index in [9.17, 15) is 8.42 Å². The summed E-state index contributed by atoms with van der Waals surface area (Å²) in [7, 11) is -3.37. The van der Waals surface area contributed by atoms with Gasteiger partial charge in [-0.15, -0.1) is 4.83 Å². The average molecular weight is 237 g/mol. The summed E-state index contributed by atoms with van der Waals surface area (Å²) in [4.78, 5) is 2.46. The zero-order valence-corrected chi connectivity index (χ0v) is 9.53. The van der Waals surface area contributed by atoms with Gasteiger partial charge in [-0.25, -0.2) is 13.4 Å². The van der Waals surface area contributed by atoms with Gasteiger partial charge < -0.3 is 5.73 Å². The lowest BCUT2D eigenvalue weighted by Crippen LogP contribution is -2.47. The van der Waals surface area contributed by atoms with E-state index in [1.54, 1.807) is 5.01 Å². The molecule has 0 radical (unpaired) electrons. The molecule has 0 unspecified atom stereocenters. The molecule has 1 aliphatic heterocycles. The van der Waals surface area contributed by atoms with Crippen molar-refractivity contribution in [2.75, 3.05) is 18.8 Å². The molecule has 0 saturated carbocycles. The maximum absolute atomic E-state index is 11.4. The number of rotatable bonds is 4. The second kappa shape index (κ2) is 5.01. The van der Waals surface area contributed by atoms with Gasteiger partial charge in [-0.05, 0) is 12.8 Å². The van der Waals surface area contributed by atoms with E-state index in [1.165, 1.54) is 0 Å². The van der Waals surface area contributed by atoms with Crippen LogP contribution >= 0.6 is 12.2 Å². The molecule has 1 aliphatic rings. The maximum Gasteiger partial charge on any atom is 0.230 e. The first-order chi connectivity index (χ1) is 6.49. The fraction of sp³-hybridized carbons (Fsp3) is 0.857. The van der Waals surface area contributed by atoms with E-state index >= 15 is 0 Å². The first kappa shape index (κ1) is 11.8. The van der Waals surface area contributed by atoms with Gasteiger partial charge in [0.25, 0.3) is 0 Å². The molecular formula is C7H15N3O2S2. The van der Waals surface area contributed by atoms with Crippen molar-refractivity contribution in [2.45, 2.75) is 19.3 Å². The highest BCUT2D eigenvalue weighted by atomic mass is 32.2. The van der Waals surface area contributed by atoms with E-state index in [4.69, 9.17) is 5.73 Å². The summed E-state index contributed by atoms with van der Waals surface area (Å²) >= 11 is 4.55. The maximum atomic E-state index is 11.4. The summed E-state index contributed by atoms with van der Waals surface area (Å²) in [5.74, 6) is -0.279. The number of nitrogens with zero attached hydrogens (tertiary/aromatic N) is 1. The minimum absolute atomic E-state index is 0.00508. The molecule has 0 aromatic heterocycles. The van der Waals surface area contributed by atoms with Gasteiger partial charge in [-0.2, -0.15) is 0 Å². The van der Waals surface area contributed by atoms with Crippen LogP contribution in [0, 0.1) is 0 Å². The van der Waals surface area contributed by atoms with Gasteiger partial charge in [0.1, 0.15) is 5.75 Å². The van der Waals surface area contributed by atoms with E-state index in [2.05, 4.69) is 17.0 Å². The quantitative estimate of drug-likeness (QED) is 0.650. The summed E-state index contributed by atoms with van der Waals surface area (Å²) in [6, 6.07) is 0. The Kier molecular flexibility index (Phi) is 4.24. The molecule has 1 saturated heterocycles. The van der Waals surface area contributed by atoms with Gasteiger partial charge in [0.2, 0.25) is 10.0 Å². The van der Waals surface area contributed by atoms with Crippen LogP contribution in [0.1, 0.15) is 19.3 Å². The third-order valence-electron chi connectivity index (χ3n) is 1.96. The van der Waals surface area contributed by atoms with Crippen molar-refractivity contribution in [1.29, 1.82) is 0 Å². The van der Waals surface area contributed by atoms with Crippen molar-refractivity contribution < 1.29 is 8.42 Å². The van der Waals surface area contributed by atoms with Crippen molar-refractivity contribution >= 4 is 27.2 Å². The molecule has 1 heterocycles. The van der Waals surface area contributed by atoms with Gasteiger partial charge in [0.15, 0.2) is 0 Å². The molecule has 0 spiro atoms. The normalized spacial score (nSPS) is 19.4. The Bertz CT molecular complexity index is 296. The molecule has 14 heavy (non-hydrogen) atoms. The Morgan fingerprint density at radius 3 is 2.43 bits per heavy atom. The number of hydrogen-bond donors (Lipinski definition) is 2. The Hall–Kier alpha value is -0.240. The molecular weight excluding hydrogens is 222 g/mol. The molecule has 1 fully saturated rings. The first-order valence-corrected chi connectivity index (χ1v) is 6.59. The molecule has 0 aromatic rings. The fourth-order valence-electron chi connectivity index (χ4n) is 1.40. The molecule has 0 aromatic carbocycles. The second-order valence-corrected chi connectivity index (χ2v) is 5.59. The lowest BCUT2D eigenvalue weighted by atomic mass is 10.2. The van der Waals surface area contributed by atoms with Crippen LogP contribution in [0.4, 0.5) is 0 Å². The van der Waals surface area contributed by atoms with Crippen molar-refractivity contribution in [3.05, 3.63) is 0 Å². The van der Waals surface area contributed by atoms with Gasteiger partial charge in [0, 0.05) is 13.1 Å². The van der Waals surface area contributed by atoms with Gasteiger partial charge >= 0.3 is 0 Å². The van der Waals surface area contributed by atoms with Crippen LogP contribution in [0.2, 0.25) is 0 Å². The highest BCUT2D eigenvalue weighted by Gasteiger charge is 2.18. The summed E-state index contributed by atoms with van der Waals surface area (Å²) in [6.07, 6.45) is 3.21. The van der Waals surface area contributed by atoms with Crippen LogP contribution in [0.5, 0.6) is 0 Å². The highest BCUT2D eigenvalue weighted by molar-refractivity contribution is 7.92. The number of sulfonamides is 1. The van der Waals surface area contributed by atoms with E-state index in [0.29, 0.717) is 0 Å². The predicted molar refractivity (Wildman–Crippen MR) is 59.1 cm³/mol. The zero-order valence-electron chi connectivity index (χ0n) is 7.90. The topological polar surface area (TPSA) is 75.4 Å². The van der Waals surface area contributed by atoms with E-state index in [-0.39, 0.29) is 10.7 Å². The molecule has 3 N–H and O–H groups in total. The minimum atomic E-state index is -3.37. The van der Waals surface area contributed by atoms with Gasteiger partial charge in [-0.3, -0.25) is 0 Å².